The molecule has 3 fully saturated rings. The first kappa shape index (κ1) is 30.6. The van der Waals surface area contributed by atoms with Gasteiger partial charge in [-0.1, -0.05) is 6.07 Å². The number of nitrogens with two attached hydrogens (primary N) is 1. The molecular weight excluding hydrogens is 544 g/mol. The van der Waals surface area contributed by atoms with Gasteiger partial charge in [0.25, 0.3) is 0 Å². The summed E-state index contributed by atoms with van der Waals surface area (Å²) in [6.07, 6.45) is -1.77. The molecule has 0 aromatic heterocycles. The van der Waals surface area contributed by atoms with Crippen LogP contribution in [0.3, 0.4) is 0 Å². The zero-order valence-electron chi connectivity index (χ0n) is 24.8. The van der Waals surface area contributed by atoms with Crippen molar-refractivity contribution >= 4 is 28.9 Å². The summed E-state index contributed by atoms with van der Waals surface area (Å²) >= 11 is 0. The third-order valence-electron chi connectivity index (χ3n) is 9.79. The smallest absolute Gasteiger partial charge is 0.230 e. The van der Waals surface area contributed by atoms with Crippen molar-refractivity contribution in [3.05, 3.63) is 23.3 Å². The van der Waals surface area contributed by atoms with E-state index < -0.39 is 70.8 Å². The minimum Gasteiger partial charge on any atom is -0.505 e. The van der Waals surface area contributed by atoms with E-state index in [2.05, 4.69) is 38.3 Å². The number of aliphatic hydroxyl groups excluding tert-OH is 2. The Morgan fingerprint density at radius 2 is 1.62 bits per heavy atom. The maximum Gasteiger partial charge on any atom is 0.230 e. The van der Waals surface area contributed by atoms with Crippen molar-refractivity contribution in [3.8, 4) is 5.75 Å². The number of piperidine rings is 1. The van der Waals surface area contributed by atoms with Crippen LogP contribution in [0.5, 0.6) is 5.75 Å². The maximum atomic E-state index is 14.0. The first-order chi connectivity index (χ1) is 19.3. The van der Waals surface area contributed by atoms with Crippen LogP contribution in [0, 0.1) is 23.7 Å². The van der Waals surface area contributed by atoms with E-state index in [0.717, 1.165) is 12.8 Å². The summed E-state index contributed by atoms with van der Waals surface area (Å²) in [5, 5.41) is 52.6. The molecular formula is C30H42N4O8. The van der Waals surface area contributed by atoms with Crippen LogP contribution in [-0.4, -0.2) is 104 Å². The fourth-order valence-electron chi connectivity index (χ4n) is 8.57. The number of hydrogen-bond donors (Lipinski definition) is 7. The van der Waals surface area contributed by atoms with Gasteiger partial charge in [-0.3, -0.25) is 19.2 Å². The standard InChI is InChI=1S/C30H42N4O8/c1-28(2)10-13(11-29(3,4)33-28)32-15-8-7-12-9-14-17(23(37)16(12)22(15)36)25(39)30(42)19(21(14)35)20(34(5)6)24(38)18(26(30)40)27(31)41/h7-8,13-14,17-21,24,32-33,35-36,38,42H,9-11H2,1-6H3,(H2,31,41)/t14-,17?,18?,19-,20+,21+,24?,30+/m0/s1. The van der Waals surface area contributed by atoms with Gasteiger partial charge in [-0.25, -0.2) is 0 Å². The van der Waals surface area contributed by atoms with Crippen molar-refractivity contribution in [1.82, 2.24) is 10.2 Å². The van der Waals surface area contributed by atoms with Crippen LogP contribution in [0.1, 0.15) is 56.5 Å². The molecule has 3 aliphatic carbocycles. The normalized spacial score (nSPS) is 37.6. The number of nitrogens with one attached hydrogen (secondary N) is 2. The Bertz CT molecular complexity index is 1340. The van der Waals surface area contributed by atoms with E-state index in [9.17, 15) is 39.6 Å². The minimum atomic E-state index is -2.95. The van der Waals surface area contributed by atoms with Crippen LogP contribution >= 0.6 is 0 Å². The monoisotopic (exact) mass is 586 g/mol. The highest BCUT2D eigenvalue weighted by molar-refractivity contribution is 6.25. The number of likely N-dealkylation sites (N-methyl/N-ethyl adjacent to an activating group) is 1. The van der Waals surface area contributed by atoms with Crippen molar-refractivity contribution in [1.29, 1.82) is 0 Å². The lowest BCUT2D eigenvalue weighted by Crippen LogP contribution is -2.78. The number of anilines is 1. The van der Waals surface area contributed by atoms with Gasteiger partial charge in [0.2, 0.25) is 5.91 Å². The zero-order chi connectivity index (χ0) is 31.3. The molecule has 12 nitrogen and oxygen atoms in total. The maximum absolute atomic E-state index is 14.0. The number of primary amides is 1. The Hall–Kier alpha value is -2.90. The number of phenols is 1. The highest BCUT2D eigenvalue weighted by atomic mass is 16.3. The summed E-state index contributed by atoms with van der Waals surface area (Å²) in [6, 6.07) is 2.12. The number of aromatic hydroxyl groups is 1. The van der Waals surface area contributed by atoms with E-state index in [1.807, 2.05) is 0 Å². The predicted octanol–water partition coefficient (Wildman–Crippen LogP) is -0.649. The van der Waals surface area contributed by atoms with Crippen LogP contribution in [0.2, 0.25) is 0 Å². The summed E-state index contributed by atoms with van der Waals surface area (Å²) in [5.74, 6) is -11.0. The molecule has 230 valence electrons. The van der Waals surface area contributed by atoms with Crippen molar-refractivity contribution < 1.29 is 39.6 Å². The predicted molar refractivity (Wildman–Crippen MR) is 152 cm³/mol. The summed E-state index contributed by atoms with van der Waals surface area (Å²) in [5.41, 5.74) is 2.73. The van der Waals surface area contributed by atoms with Crippen LogP contribution in [0.4, 0.5) is 5.69 Å². The quantitative estimate of drug-likeness (QED) is 0.175. The van der Waals surface area contributed by atoms with E-state index in [4.69, 9.17) is 5.73 Å². The van der Waals surface area contributed by atoms with E-state index in [1.54, 1.807) is 12.1 Å². The molecule has 1 heterocycles. The number of aliphatic hydroxyl groups is 3. The van der Waals surface area contributed by atoms with Gasteiger partial charge < -0.3 is 41.7 Å². The molecule has 5 rings (SSSR count). The fourth-order valence-corrected chi connectivity index (χ4v) is 8.57. The Labute approximate surface area is 244 Å². The number of Topliss-reactive ketones (excluding diaryl/α,β-unsaturated/α-hetero) is 3. The van der Waals surface area contributed by atoms with Gasteiger partial charge in [-0.2, -0.15) is 0 Å². The molecule has 0 bridgehead atoms. The second kappa shape index (κ2) is 9.81. The lowest BCUT2D eigenvalue weighted by atomic mass is 9.51. The first-order valence-electron chi connectivity index (χ1n) is 14.4. The van der Waals surface area contributed by atoms with E-state index >= 15 is 0 Å². The zero-order valence-corrected chi connectivity index (χ0v) is 24.8. The summed E-state index contributed by atoms with van der Waals surface area (Å²) in [4.78, 5) is 55.2. The van der Waals surface area contributed by atoms with Crippen LogP contribution in [-0.2, 0) is 20.8 Å². The SMILES string of the molecule is CN(C)[C@H]1C(O)C(C(N)=O)C(=O)[C@]2(O)C(=O)C3C(=O)c4c(ccc(NC5CC(C)(C)NC(C)(C)C5)c4O)C[C@@H]3[C@@H](O)[C@H]12. The minimum absolute atomic E-state index is 0.0101. The number of amides is 1. The highest BCUT2D eigenvalue weighted by Gasteiger charge is 2.72. The lowest BCUT2D eigenvalue weighted by molar-refractivity contribution is -0.207. The summed E-state index contributed by atoms with van der Waals surface area (Å²) < 4.78 is 0. The molecule has 4 aliphatic rings. The summed E-state index contributed by atoms with van der Waals surface area (Å²) in [7, 11) is 3.04. The number of hydrogen-bond acceptors (Lipinski definition) is 11. The average molecular weight is 587 g/mol. The van der Waals surface area contributed by atoms with E-state index in [0.29, 0.717) is 11.3 Å². The van der Waals surface area contributed by atoms with Crippen LogP contribution in [0.15, 0.2) is 12.1 Å². The molecule has 42 heavy (non-hydrogen) atoms. The van der Waals surface area contributed by atoms with Crippen LogP contribution < -0.4 is 16.4 Å². The number of phenolic OH excluding ortho intramolecular Hbond substituents is 1. The van der Waals surface area contributed by atoms with Crippen molar-refractivity contribution in [2.24, 2.45) is 29.4 Å². The van der Waals surface area contributed by atoms with Gasteiger partial charge in [-0.05, 0) is 72.7 Å². The van der Waals surface area contributed by atoms with E-state index in [-0.39, 0.29) is 34.9 Å². The van der Waals surface area contributed by atoms with E-state index in [1.165, 1.54) is 19.0 Å². The van der Waals surface area contributed by atoms with Gasteiger partial charge in [-0.15, -0.1) is 0 Å². The van der Waals surface area contributed by atoms with Gasteiger partial charge in [0.05, 0.1) is 29.4 Å². The molecule has 8 N–H and O–H groups in total. The molecule has 0 spiro atoms. The van der Waals surface area contributed by atoms with Gasteiger partial charge >= 0.3 is 0 Å². The molecule has 1 aromatic rings. The third-order valence-corrected chi connectivity index (χ3v) is 9.79. The molecule has 2 saturated carbocycles. The third kappa shape index (κ3) is 4.46. The Balaban J connectivity index is 1.54. The topological polar surface area (TPSA) is 203 Å². The number of ketones is 3. The Morgan fingerprint density at radius 3 is 2.17 bits per heavy atom. The molecule has 8 atom stereocenters. The van der Waals surface area contributed by atoms with Gasteiger partial charge in [0, 0.05) is 35.0 Å². The van der Waals surface area contributed by atoms with Crippen LogP contribution in [0.25, 0.3) is 0 Å². The summed E-state index contributed by atoms with van der Waals surface area (Å²) in [6.45, 7) is 8.36. The van der Waals surface area contributed by atoms with Gasteiger partial charge in [0.1, 0.15) is 11.7 Å². The first-order valence-corrected chi connectivity index (χ1v) is 14.4. The number of nitrogens with zero attached hydrogens (tertiary/aromatic N) is 1. The number of carbonyl (C=O) groups excluding carboxylic acids is 4. The molecule has 1 aliphatic heterocycles. The van der Waals surface area contributed by atoms with Crippen molar-refractivity contribution in [3.63, 3.8) is 0 Å². The second-order valence-electron chi connectivity index (χ2n) is 14.2. The Morgan fingerprint density at radius 1 is 1.02 bits per heavy atom. The molecule has 3 unspecified atom stereocenters. The largest absolute Gasteiger partial charge is 0.505 e. The van der Waals surface area contributed by atoms with Crippen molar-refractivity contribution in [2.75, 3.05) is 19.4 Å². The Kier molecular flexibility index (Phi) is 7.14. The number of benzene rings is 1. The molecule has 1 amide bonds. The molecule has 12 heteroatoms. The number of carbonyl (C=O) groups is 4. The molecule has 1 saturated heterocycles. The average Bonchev–Trinajstić information content (AvgIpc) is 2.83. The highest BCUT2D eigenvalue weighted by Crippen LogP contribution is 2.52. The number of fused-ring (bicyclic) bond motifs is 3. The fraction of sp³-hybridized carbons (Fsp3) is 0.667. The lowest BCUT2D eigenvalue weighted by Gasteiger charge is -2.56. The molecule has 0 radical (unpaired) electrons. The van der Waals surface area contributed by atoms with Gasteiger partial charge in [0.15, 0.2) is 23.0 Å². The van der Waals surface area contributed by atoms with Crippen molar-refractivity contribution in [2.45, 2.75) is 87.9 Å². The second-order valence-corrected chi connectivity index (χ2v) is 14.2. The number of rotatable bonds is 4. The molecule has 1 aromatic carbocycles.